The molecule has 0 saturated carbocycles. The second-order valence-electron chi connectivity index (χ2n) is 7.13. The number of methoxy groups -OCH3 is 1. The van der Waals surface area contributed by atoms with Gasteiger partial charge in [0.2, 0.25) is 5.88 Å². The number of aryl methyl sites for hydroxylation is 2. The van der Waals surface area contributed by atoms with Gasteiger partial charge in [-0.3, -0.25) is 4.98 Å². The number of nitrogens with zero attached hydrogens (tertiary/aromatic N) is 2. The number of pyridine rings is 2. The van der Waals surface area contributed by atoms with E-state index in [1.165, 1.54) is 11.1 Å². The summed E-state index contributed by atoms with van der Waals surface area (Å²) in [4.78, 5) is 9.58. The van der Waals surface area contributed by atoms with Crippen molar-refractivity contribution in [2.75, 3.05) is 7.11 Å². The first kappa shape index (κ1) is 19.2. The van der Waals surface area contributed by atoms with Crippen LogP contribution in [0.15, 0.2) is 24.3 Å². The molecule has 0 spiro atoms. The van der Waals surface area contributed by atoms with E-state index >= 15 is 0 Å². The average Bonchev–Trinajstić information content (AvgIpc) is 2.57. The molecule has 3 nitrogen and oxygen atoms in total. The van der Waals surface area contributed by atoms with Gasteiger partial charge in [-0.15, -0.1) is 0 Å². The quantitative estimate of drug-likeness (QED) is 0.675. The van der Waals surface area contributed by atoms with Crippen molar-refractivity contribution in [2.45, 2.75) is 54.4 Å². The first-order valence-electron chi connectivity index (χ1n) is 9.00. The summed E-state index contributed by atoms with van der Waals surface area (Å²) in [5.41, 5.74) is 7.66. The molecular formula is C22H30N2O. The van der Waals surface area contributed by atoms with Gasteiger partial charge in [0, 0.05) is 11.4 Å². The van der Waals surface area contributed by atoms with Gasteiger partial charge in [-0.25, -0.2) is 4.98 Å². The number of allylic oxidation sites excluding steroid dienone is 2. The van der Waals surface area contributed by atoms with Gasteiger partial charge in [-0.1, -0.05) is 33.8 Å². The van der Waals surface area contributed by atoms with Gasteiger partial charge >= 0.3 is 0 Å². The molecule has 2 aromatic heterocycles. The van der Waals surface area contributed by atoms with E-state index in [1.54, 1.807) is 7.11 Å². The SMILES string of the molecule is C/C=C(\c1cc(C)c(-c2ccc(C(C)C)nc2OC)nc1C)C(C)C. The van der Waals surface area contributed by atoms with Gasteiger partial charge in [0.05, 0.1) is 18.4 Å². The molecule has 2 aromatic rings. The molecule has 0 unspecified atom stereocenters. The number of hydrogen-bond donors (Lipinski definition) is 0. The number of aromatic nitrogens is 2. The highest BCUT2D eigenvalue weighted by molar-refractivity contribution is 5.74. The smallest absolute Gasteiger partial charge is 0.222 e. The Morgan fingerprint density at radius 3 is 2.28 bits per heavy atom. The molecular weight excluding hydrogens is 308 g/mol. The van der Waals surface area contributed by atoms with Gasteiger partial charge in [0.1, 0.15) is 0 Å². The Morgan fingerprint density at radius 2 is 1.76 bits per heavy atom. The molecule has 0 aliphatic carbocycles. The number of hydrogen-bond acceptors (Lipinski definition) is 3. The highest BCUT2D eigenvalue weighted by Crippen LogP contribution is 2.34. The third-order valence-electron chi connectivity index (χ3n) is 4.57. The van der Waals surface area contributed by atoms with Crippen LogP contribution in [0, 0.1) is 19.8 Å². The summed E-state index contributed by atoms with van der Waals surface area (Å²) < 4.78 is 5.56. The molecule has 0 aliphatic heterocycles. The normalized spacial score (nSPS) is 12.2. The first-order chi connectivity index (χ1) is 11.8. The minimum Gasteiger partial charge on any atom is -0.480 e. The molecule has 3 heteroatoms. The fraction of sp³-hybridized carbons (Fsp3) is 0.455. The van der Waals surface area contributed by atoms with E-state index in [0.717, 1.165) is 28.2 Å². The zero-order valence-corrected chi connectivity index (χ0v) is 16.8. The third-order valence-corrected chi connectivity index (χ3v) is 4.57. The zero-order chi connectivity index (χ0) is 18.7. The van der Waals surface area contributed by atoms with Gasteiger partial charge in [0.25, 0.3) is 0 Å². The predicted octanol–water partition coefficient (Wildman–Crippen LogP) is 5.95. The molecule has 0 radical (unpaired) electrons. The topological polar surface area (TPSA) is 35.0 Å². The minimum atomic E-state index is 0.365. The van der Waals surface area contributed by atoms with Crippen LogP contribution >= 0.6 is 0 Å². The van der Waals surface area contributed by atoms with Crippen LogP contribution in [-0.2, 0) is 0 Å². The molecule has 0 atom stereocenters. The van der Waals surface area contributed by atoms with Crippen molar-refractivity contribution in [1.29, 1.82) is 0 Å². The lowest BCUT2D eigenvalue weighted by Crippen LogP contribution is -2.03. The number of rotatable bonds is 5. The van der Waals surface area contributed by atoms with Gasteiger partial charge < -0.3 is 4.74 Å². The second-order valence-corrected chi connectivity index (χ2v) is 7.13. The van der Waals surface area contributed by atoms with Crippen LogP contribution in [-0.4, -0.2) is 17.1 Å². The molecule has 0 N–H and O–H groups in total. The summed E-state index contributed by atoms with van der Waals surface area (Å²) in [6, 6.07) is 6.38. The average molecular weight is 338 g/mol. The Balaban J connectivity index is 2.60. The summed E-state index contributed by atoms with van der Waals surface area (Å²) >= 11 is 0. The summed E-state index contributed by atoms with van der Waals surface area (Å²) in [6.07, 6.45) is 2.19. The van der Waals surface area contributed by atoms with Gasteiger partial charge in [-0.2, -0.15) is 0 Å². The lowest BCUT2D eigenvalue weighted by atomic mass is 9.92. The lowest BCUT2D eigenvalue weighted by Gasteiger charge is -2.18. The first-order valence-corrected chi connectivity index (χ1v) is 9.00. The van der Waals surface area contributed by atoms with E-state index in [0.29, 0.717) is 17.7 Å². The number of ether oxygens (including phenoxy) is 1. The predicted molar refractivity (Wildman–Crippen MR) is 106 cm³/mol. The van der Waals surface area contributed by atoms with Crippen LogP contribution < -0.4 is 4.74 Å². The molecule has 0 bridgehead atoms. The Hall–Kier alpha value is -2.16. The van der Waals surface area contributed by atoms with Crippen molar-refractivity contribution in [3.05, 3.63) is 46.8 Å². The summed E-state index contributed by atoms with van der Waals surface area (Å²) in [7, 11) is 1.67. The van der Waals surface area contributed by atoms with E-state index in [1.807, 2.05) is 0 Å². The molecule has 134 valence electrons. The van der Waals surface area contributed by atoms with Crippen molar-refractivity contribution < 1.29 is 4.74 Å². The standard InChI is InChI=1S/C22H30N2O/c1-9-17(13(2)3)19-12-15(6)21(23-16(19)7)18-10-11-20(14(4)5)24-22(18)25-8/h9-14H,1-8H3/b17-9-. The fourth-order valence-electron chi connectivity index (χ4n) is 3.18. The maximum Gasteiger partial charge on any atom is 0.222 e. The van der Waals surface area contributed by atoms with Crippen molar-refractivity contribution >= 4 is 5.57 Å². The van der Waals surface area contributed by atoms with E-state index in [2.05, 4.69) is 77.7 Å². The van der Waals surface area contributed by atoms with Crippen LogP contribution in [0.4, 0.5) is 0 Å². The van der Waals surface area contributed by atoms with Crippen LogP contribution in [0.1, 0.15) is 63.1 Å². The van der Waals surface area contributed by atoms with Crippen molar-refractivity contribution in [3.8, 4) is 17.1 Å². The van der Waals surface area contributed by atoms with Crippen LogP contribution in [0.2, 0.25) is 0 Å². The summed E-state index contributed by atoms with van der Waals surface area (Å²) in [5.74, 6) is 1.48. The van der Waals surface area contributed by atoms with Crippen molar-refractivity contribution in [3.63, 3.8) is 0 Å². The molecule has 2 heterocycles. The Kier molecular flexibility index (Phi) is 5.99. The highest BCUT2D eigenvalue weighted by atomic mass is 16.5. The summed E-state index contributed by atoms with van der Waals surface area (Å²) in [5, 5.41) is 0. The Bertz CT molecular complexity index is 789. The Morgan fingerprint density at radius 1 is 1.08 bits per heavy atom. The highest BCUT2D eigenvalue weighted by Gasteiger charge is 2.17. The molecule has 0 aromatic carbocycles. The van der Waals surface area contributed by atoms with Crippen molar-refractivity contribution in [2.24, 2.45) is 5.92 Å². The molecule has 2 rings (SSSR count). The lowest BCUT2D eigenvalue weighted by molar-refractivity contribution is 0.397. The molecule has 0 aliphatic rings. The molecule has 0 saturated heterocycles. The van der Waals surface area contributed by atoms with Crippen LogP contribution in [0.25, 0.3) is 16.8 Å². The van der Waals surface area contributed by atoms with E-state index in [9.17, 15) is 0 Å². The molecule has 0 amide bonds. The summed E-state index contributed by atoms with van der Waals surface area (Å²) in [6.45, 7) is 15.0. The van der Waals surface area contributed by atoms with Crippen LogP contribution in [0.3, 0.4) is 0 Å². The van der Waals surface area contributed by atoms with E-state index < -0.39 is 0 Å². The largest absolute Gasteiger partial charge is 0.480 e. The minimum absolute atomic E-state index is 0.365. The van der Waals surface area contributed by atoms with E-state index in [-0.39, 0.29) is 0 Å². The fourth-order valence-corrected chi connectivity index (χ4v) is 3.18. The molecule has 0 fully saturated rings. The maximum absolute atomic E-state index is 5.56. The van der Waals surface area contributed by atoms with Crippen LogP contribution in [0.5, 0.6) is 5.88 Å². The third kappa shape index (κ3) is 3.92. The second kappa shape index (κ2) is 7.81. The Labute approximate surface area is 152 Å². The monoisotopic (exact) mass is 338 g/mol. The van der Waals surface area contributed by atoms with Crippen molar-refractivity contribution in [1.82, 2.24) is 9.97 Å². The zero-order valence-electron chi connectivity index (χ0n) is 16.8. The van der Waals surface area contributed by atoms with Gasteiger partial charge in [0.15, 0.2) is 0 Å². The van der Waals surface area contributed by atoms with E-state index in [4.69, 9.17) is 9.72 Å². The van der Waals surface area contributed by atoms with Gasteiger partial charge in [-0.05, 0) is 67.5 Å². The molecule has 25 heavy (non-hydrogen) atoms. The maximum atomic E-state index is 5.56.